The average molecular weight is 347 g/mol. The number of nitrogens with one attached hydrogen (secondary N) is 1. The fraction of sp³-hybridized carbons (Fsp3) is 0.412. The summed E-state index contributed by atoms with van der Waals surface area (Å²) in [5, 5.41) is 5.29. The summed E-state index contributed by atoms with van der Waals surface area (Å²) in [7, 11) is 1.64. The molecule has 0 spiro atoms. The minimum atomic E-state index is -0.164. The van der Waals surface area contributed by atoms with E-state index >= 15 is 0 Å². The van der Waals surface area contributed by atoms with Crippen LogP contribution in [0.2, 0.25) is 0 Å². The fourth-order valence-corrected chi connectivity index (χ4v) is 3.22. The molecule has 0 bridgehead atoms. The van der Waals surface area contributed by atoms with Gasteiger partial charge in [-0.2, -0.15) is 0 Å². The van der Waals surface area contributed by atoms with Crippen LogP contribution in [0.25, 0.3) is 0 Å². The minimum absolute atomic E-state index is 0.0950. The van der Waals surface area contributed by atoms with Crippen LogP contribution in [0, 0.1) is 0 Å². The summed E-state index contributed by atoms with van der Waals surface area (Å²) in [5.41, 5.74) is 1.02. The number of thiazole rings is 1. The van der Waals surface area contributed by atoms with Gasteiger partial charge in [-0.15, -0.1) is 11.3 Å². The molecule has 1 aromatic heterocycles. The van der Waals surface area contributed by atoms with Crippen molar-refractivity contribution in [2.75, 3.05) is 25.6 Å². The van der Waals surface area contributed by atoms with E-state index in [2.05, 4.69) is 10.3 Å². The summed E-state index contributed by atoms with van der Waals surface area (Å²) in [4.78, 5) is 18.5. The third-order valence-corrected chi connectivity index (χ3v) is 4.58. The Morgan fingerprint density at radius 2 is 2.46 bits per heavy atom. The van der Waals surface area contributed by atoms with Crippen molar-refractivity contribution in [1.29, 1.82) is 0 Å². The lowest BCUT2D eigenvalue weighted by Crippen LogP contribution is -2.39. The molecule has 2 aromatic rings. The van der Waals surface area contributed by atoms with Gasteiger partial charge in [-0.05, 0) is 30.5 Å². The second kappa shape index (κ2) is 8.12. The smallest absolute Gasteiger partial charge is 0.324 e. The number of rotatable bonds is 6. The zero-order valence-corrected chi connectivity index (χ0v) is 14.4. The van der Waals surface area contributed by atoms with E-state index < -0.39 is 0 Å². The number of aromatic nitrogens is 1. The van der Waals surface area contributed by atoms with Gasteiger partial charge in [0, 0.05) is 31.3 Å². The number of methoxy groups -OCH3 is 1. The number of hydrogen-bond acceptors (Lipinski definition) is 5. The van der Waals surface area contributed by atoms with Gasteiger partial charge < -0.3 is 14.4 Å². The fourth-order valence-electron chi connectivity index (χ4n) is 2.70. The Hall–Kier alpha value is -2.12. The predicted molar refractivity (Wildman–Crippen MR) is 93.5 cm³/mol. The van der Waals surface area contributed by atoms with E-state index in [4.69, 9.17) is 9.47 Å². The van der Waals surface area contributed by atoms with Crippen LogP contribution in [-0.2, 0) is 11.3 Å². The first-order chi connectivity index (χ1) is 11.7. The molecule has 128 valence electrons. The molecule has 1 aromatic carbocycles. The van der Waals surface area contributed by atoms with E-state index in [0.29, 0.717) is 18.2 Å². The summed E-state index contributed by atoms with van der Waals surface area (Å²) >= 11 is 1.40. The molecule has 1 aliphatic rings. The van der Waals surface area contributed by atoms with E-state index in [-0.39, 0.29) is 12.1 Å². The number of amides is 2. The van der Waals surface area contributed by atoms with Crippen molar-refractivity contribution in [2.24, 2.45) is 0 Å². The van der Waals surface area contributed by atoms with Crippen molar-refractivity contribution in [2.45, 2.75) is 25.5 Å². The van der Waals surface area contributed by atoms with E-state index in [1.807, 2.05) is 29.6 Å². The third-order valence-electron chi connectivity index (χ3n) is 3.89. The third kappa shape index (κ3) is 4.46. The molecule has 24 heavy (non-hydrogen) atoms. The lowest BCUT2D eigenvalue weighted by molar-refractivity contribution is 0.0819. The molecule has 1 saturated heterocycles. The summed E-state index contributed by atoms with van der Waals surface area (Å²) in [6, 6.07) is 7.59. The molecule has 6 nitrogen and oxygen atoms in total. The molecule has 1 unspecified atom stereocenters. The topological polar surface area (TPSA) is 63.7 Å². The Balaban J connectivity index is 1.71. The van der Waals surface area contributed by atoms with Crippen LogP contribution in [-0.4, -0.2) is 42.3 Å². The second-order valence-corrected chi connectivity index (χ2v) is 6.53. The number of ether oxygens (including phenoxy) is 2. The number of nitrogens with zero attached hydrogens (tertiary/aromatic N) is 2. The molecular formula is C17H21N3O3S. The van der Waals surface area contributed by atoms with Crippen molar-refractivity contribution in [3.05, 3.63) is 41.4 Å². The van der Waals surface area contributed by atoms with Gasteiger partial charge >= 0.3 is 6.03 Å². The normalized spacial score (nSPS) is 16.8. The van der Waals surface area contributed by atoms with E-state index in [9.17, 15) is 4.79 Å². The highest BCUT2D eigenvalue weighted by Gasteiger charge is 2.23. The Bertz CT molecular complexity index is 657. The van der Waals surface area contributed by atoms with Gasteiger partial charge in [0.05, 0.1) is 13.2 Å². The zero-order valence-electron chi connectivity index (χ0n) is 13.6. The number of carbonyl (C=O) groups is 1. The highest BCUT2D eigenvalue weighted by molar-refractivity contribution is 7.13. The summed E-state index contributed by atoms with van der Waals surface area (Å²) < 4.78 is 11.0. The van der Waals surface area contributed by atoms with E-state index in [1.54, 1.807) is 18.2 Å². The SMILES string of the molecule is COc1cccc(CN(CC2CCCO2)C(=O)Nc2nccs2)c1. The maximum absolute atomic E-state index is 12.7. The summed E-state index contributed by atoms with van der Waals surface area (Å²) in [6.45, 7) is 1.83. The van der Waals surface area contributed by atoms with Crippen molar-refractivity contribution in [3.63, 3.8) is 0 Å². The van der Waals surface area contributed by atoms with Gasteiger partial charge in [0.1, 0.15) is 5.75 Å². The summed E-state index contributed by atoms with van der Waals surface area (Å²) in [5.74, 6) is 0.782. The molecule has 7 heteroatoms. The zero-order chi connectivity index (χ0) is 16.8. The predicted octanol–water partition coefficient (Wildman–Crippen LogP) is 3.36. The molecular weight excluding hydrogens is 326 g/mol. The van der Waals surface area contributed by atoms with Gasteiger partial charge in [0.2, 0.25) is 0 Å². The highest BCUT2D eigenvalue weighted by atomic mass is 32.1. The van der Waals surface area contributed by atoms with E-state index in [1.165, 1.54) is 11.3 Å². The average Bonchev–Trinajstić information content (AvgIpc) is 3.28. The molecule has 2 amide bonds. The molecule has 1 fully saturated rings. The maximum atomic E-state index is 12.7. The molecule has 0 saturated carbocycles. The van der Waals surface area contributed by atoms with Crippen molar-refractivity contribution >= 4 is 22.5 Å². The van der Waals surface area contributed by atoms with Crippen molar-refractivity contribution in [3.8, 4) is 5.75 Å². The molecule has 1 N–H and O–H groups in total. The van der Waals surface area contributed by atoms with Crippen molar-refractivity contribution < 1.29 is 14.3 Å². The van der Waals surface area contributed by atoms with Gasteiger partial charge in [-0.25, -0.2) is 9.78 Å². The van der Waals surface area contributed by atoms with Gasteiger partial charge in [0.25, 0.3) is 0 Å². The second-order valence-electron chi connectivity index (χ2n) is 5.63. The quantitative estimate of drug-likeness (QED) is 0.870. The standard InChI is InChI=1S/C17H21N3O3S/c1-22-14-5-2-4-13(10-14)11-20(12-15-6-3-8-23-15)17(21)19-16-18-7-9-24-16/h2,4-5,7,9-10,15H,3,6,8,11-12H2,1H3,(H,18,19,21). The molecule has 3 rings (SSSR count). The molecule has 1 atom stereocenters. The van der Waals surface area contributed by atoms with Gasteiger partial charge in [-0.3, -0.25) is 5.32 Å². The Labute approximate surface area is 145 Å². The number of urea groups is 1. The highest BCUT2D eigenvalue weighted by Crippen LogP contribution is 2.19. The van der Waals surface area contributed by atoms with Gasteiger partial charge in [0.15, 0.2) is 5.13 Å². The minimum Gasteiger partial charge on any atom is -0.497 e. The molecule has 2 heterocycles. The first-order valence-electron chi connectivity index (χ1n) is 7.94. The maximum Gasteiger partial charge on any atom is 0.324 e. The van der Waals surface area contributed by atoms with Crippen LogP contribution in [0.1, 0.15) is 18.4 Å². The first kappa shape index (κ1) is 16.7. The lowest BCUT2D eigenvalue weighted by Gasteiger charge is -2.25. The largest absolute Gasteiger partial charge is 0.497 e. The first-order valence-corrected chi connectivity index (χ1v) is 8.82. The lowest BCUT2D eigenvalue weighted by atomic mass is 10.2. The Morgan fingerprint density at radius 3 is 3.17 bits per heavy atom. The van der Waals surface area contributed by atoms with Crippen molar-refractivity contribution in [1.82, 2.24) is 9.88 Å². The number of benzene rings is 1. The van der Waals surface area contributed by atoms with Crippen LogP contribution in [0.15, 0.2) is 35.8 Å². The van der Waals surface area contributed by atoms with Crippen LogP contribution < -0.4 is 10.1 Å². The van der Waals surface area contributed by atoms with Crippen LogP contribution >= 0.6 is 11.3 Å². The molecule has 0 radical (unpaired) electrons. The summed E-state index contributed by atoms with van der Waals surface area (Å²) in [6.07, 6.45) is 3.80. The van der Waals surface area contributed by atoms with E-state index in [0.717, 1.165) is 30.8 Å². The Morgan fingerprint density at radius 1 is 1.54 bits per heavy atom. The molecule has 1 aliphatic heterocycles. The van der Waals surface area contributed by atoms with Crippen LogP contribution in [0.4, 0.5) is 9.93 Å². The van der Waals surface area contributed by atoms with Crippen LogP contribution in [0.3, 0.4) is 0 Å². The number of anilines is 1. The monoisotopic (exact) mass is 347 g/mol. The number of hydrogen-bond donors (Lipinski definition) is 1. The Kier molecular flexibility index (Phi) is 5.66. The van der Waals surface area contributed by atoms with Crippen LogP contribution in [0.5, 0.6) is 5.75 Å². The molecule has 0 aliphatic carbocycles. The van der Waals surface area contributed by atoms with Gasteiger partial charge in [-0.1, -0.05) is 12.1 Å². The number of carbonyl (C=O) groups excluding carboxylic acids is 1.